The molecule has 4 aromatic rings. The summed E-state index contributed by atoms with van der Waals surface area (Å²) in [5, 5.41) is 7.29. The number of para-hydroxylation sites is 1. The van der Waals surface area contributed by atoms with Crippen LogP contribution in [-0.2, 0) is 4.74 Å². The quantitative estimate of drug-likeness (QED) is 0.233. The molecule has 1 aliphatic carbocycles. The van der Waals surface area contributed by atoms with Crippen molar-refractivity contribution < 1.29 is 9.47 Å². The van der Waals surface area contributed by atoms with E-state index in [1.54, 1.807) is 0 Å². The molecule has 4 heteroatoms. The van der Waals surface area contributed by atoms with Crippen LogP contribution in [0.25, 0.3) is 11.1 Å². The van der Waals surface area contributed by atoms with Crippen molar-refractivity contribution in [2.45, 2.75) is 38.3 Å². The molecule has 0 aromatic heterocycles. The van der Waals surface area contributed by atoms with Gasteiger partial charge in [-0.3, -0.25) is 5.01 Å². The molecular weight excluding hydrogens is 468 g/mol. The van der Waals surface area contributed by atoms with Gasteiger partial charge in [-0.1, -0.05) is 84.9 Å². The molecule has 1 aliphatic heterocycles. The summed E-state index contributed by atoms with van der Waals surface area (Å²) in [5.41, 5.74) is 6.90. The fourth-order valence-corrected chi connectivity index (χ4v) is 5.33. The summed E-state index contributed by atoms with van der Waals surface area (Å²) >= 11 is 0. The molecule has 38 heavy (non-hydrogen) atoms. The van der Waals surface area contributed by atoms with Crippen LogP contribution in [-0.4, -0.2) is 24.5 Å². The van der Waals surface area contributed by atoms with Gasteiger partial charge in [-0.15, -0.1) is 0 Å². The monoisotopic (exact) mass is 502 g/mol. The van der Waals surface area contributed by atoms with Gasteiger partial charge in [0.25, 0.3) is 0 Å². The number of ether oxygens (including phenoxy) is 2. The van der Waals surface area contributed by atoms with Crippen LogP contribution in [0.1, 0.15) is 43.9 Å². The molecule has 3 atom stereocenters. The van der Waals surface area contributed by atoms with E-state index in [2.05, 4.69) is 109 Å². The molecule has 0 bridgehead atoms. The van der Waals surface area contributed by atoms with E-state index < -0.39 is 0 Å². The van der Waals surface area contributed by atoms with Crippen molar-refractivity contribution in [3.63, 3.8) is 0 Å². The van der Waals surface area contributed by atoms with Crippen molar-refractivity contribution in [3.8, 4) is 16.9 Å². The lowest BCUT2D eigenvalue weighted by Gasteiger charge is -2.24. The van der Waals surface area contributed by atoms with Gasteiger partial charge in [-0.25, -0.2) is 0 Å². The van der Waals surface area contributed by atoms with E-state index in [1.165, 1.54) is 16.7 Å². The number of nitrogens with zero attached hydrogens (tertiary/aromatic N) is 2. The fourth-order valence-electron chi connectivity index (χ4n) is 5.33. The van der Waals surface area contributed by atoms with Crippen LogP contribution in [0.15, 0.2) is 114 Å². The number of hydrogen-bond donors (Lipinski definition) is 0. The van der Waals surface area contributed by atoms with Crippen molar-refractivity contribution in [3.05, 3.63) is 120 Å². The van der Waals surface area contributed by atoms with Gasteiger partial charge in [0, 0.05) is 18.9 Å². The van der Waals surface area contributed by atoms with E-state index in [4.69, 9.17) is 14.6 Å². The molecule has 6 rings (SSSR count). The van der Waals surface area contributed by atoms with Gasteiger partial charge in [0.05, 0.1) is 24.0 Å². The fraction of sp³-hybridized carbons (Fsp3) is 0.265. The normalized spacial score (nSPS) is 22.3. The third-order valence-electron chi connectivity index (χ3n) is 7.75. The van der Waals surface area contributed by atoms with Crippen LogP contribution in [0.4, 0.5) is 5.69 Å². The third kappa shape index (κ3) is 5.09. The van der Waals surface area contributed by atoms with Crippen molar-refractivity contribution >= 4 is 11.4 Å². The van der Waals surface area contributed by atoms with Crippen molar-refractivity contribution in [1.29, 1.82) is 0 Å². The maximum atomic E-state index is 6.37. The first-order valence-corrected chi connectivity index (χ1v) is 13.6. The molecule has 1 saturated carbocycles. The van der Waals surface area contributed by atoms with E-state index in [-0.39, 0.29) is 11.6 Å². The van der Waals surface area contributed by atoms with E-state index in [0.29, 0.717) is 5.92 Å². The predicted octanol–water partition coefficient (Wildman–Crippen LogP) is 7.90. The first kappa shape index (κ1) is 24.4. The highest BCUT2D eigenvalue weighted by Gasteiger charge is 2.52. The van der Waals surface area contributed by atoms with Gasteiger partial charge in [0.15, 0.2) is 0 Å². The van der Waals surface area contributed by atoms with Gasteiger partial charge in [0.2, 0.25) is 0 Å². The highest BCUT2D eigenvalue weighted by molar-refractivity contribution is 6.03. The number of anilines is 1. The summed E-state index contributed by atoms with van der Waals surface area (Å²) in [4.78, 5) is 0. The van der Waals surface area contributed by atoms with Crippen molar-refractivity contribution in [2.75, 3.05) is 18.2 Å². The summed E-state index contributed by atoms with van der Waals surface area (Å²) in [6.45, 7) is 5.74. The second-order valence-corrected chi connectivity index (χ2v) is 10.4. The Hall–Kier alpha value is -3.89. The van der Waals surface area contributed by atoms with Gasteiger partial charge in [0.1, 0.15) is 11.4 Å². The molecular formula is C34H34N2O2. The van der Waals surface area contributed by atoms with Crippen LogP contribution in [0.5, 0.6) is 5.75 Å². The molecule has 1 heterocycles. The predicted molar refractivity (Wildman–Crippen MR) is 155 cm³/mol. The minimum atomic E-state index is -0.123. The molecule has 1 fully saturated rings. The SMILES string of the molecule is CCOCC1CC1(C)Oc1ccc(C2CC(c3ccc(-c4ccccc4)cc3)=NN2c2ccccc2)cc1. The molecule has 2 aliphatic rings. The van der Waals surface area contributed by atoms with Gasteiger partial charge in [-0.05, 0) is 66.8 Å². The second-order valence-electron chi connectivity index (χ2n) is 10.4. The number of hydrazone groups is 1. The average molecular weight is 503 g/mol. The molecule has 0 N–H and O–H groups in total. The number of benzene rings is 4. The molecule has 0 spiro atoms. The Kier molecular flexibility index (Phi) is 6.73. The summed E-state index contributed by atoms with van der Waals surface area (Å²) in [6, 6.07) is 38.4. The Morgan fingerprint density at radius 1 is 0.789 bits per heavy atom. The summed E-state index contributed by atoms with van der Waals surface area (Å²) in [6.07, 6.45) is 1.88. The summed E-state index contributed by atoms with van der Waals surface area (Å²) in [7, 11) is 0. The maximum absolute atomic E-state index is 6.37. The van der Waals surface area contributed by atoms with E-state index in [1.807, 2.05) is 19.1 Å². The summed E-state index contributed by atoms with van der Waals surface area (Å²) < 4.78 is 12.0. The summed E-state index contributed by atoms with van der Waals surface area (Å²) in [5.74, 6) is 1.38. The molecule has 0 radical (unpaired) electrons. The van der Waals surface area contributed by atoms with Crippen molar-refractivity contribution in [2.24, 2.45) is 11.0 Å². The van der Waals surface area contributed by atoms with Gasteiger partial charge >= 0.3 is 0 Å². The molecule has 4 aromatic carbocycles. The average Bonchev–Trinajstić information content (AvgIpc) is 3.39. The molecule has 0 saturated heterocycles. The standard InChI is InChI=1S/C34H34N2O2/c1-3-37-24-29-23-34(29,2)38-31-20-18-28(19-21-31)33-22-32(35-36(33)30-12-8-5-9-13-30)27-16-14-26(15-17-27)25-10-6-4-7-11-25/h4-21,29,33H,3,22-24H2,1-2H3. The number of rotatable bonds is 9. The topological polar surface area (TPSA) is 34.1 Å². The zero-order valence-electron chi connectivity index (χ0n) is 22.1. The number of hydrogen-bond acceptors (Lipinski definition) is 4. The van der Waals surface area contributed by atoms with Crippen LogP contribution in [0, 0.1) is 5.92 Å². The van der Waals surface area contributed by atoms with Gasteiger partial charge < -0.3 is 9.47 Å². The lowest BCUT2D eigenvalue weighted by atomic mass is 9.96. The molecule has 4 nitrogen and oxygen atoms in total. The lowest BCUT2D eigenvalue weighted by Crippen LogP contribution is -2.19. The van der Waals surface area contributed by atoms with Crippen LogP contribution >= 0.6 is 0 Å². The Labute approximate surface area is 225 Å². The largest absolute Gasteiger partial charge is 0.487 e. The minimum absolute atomic E-state index is 0.123. The zero-order chi connectivity index (χ0) is 26.0. The first-order chi connectivity index (χ1) is 18.6. The minimum Gasteiger partial charge on any atom is -0.487 e. The molecule has 192 valence electrons. The van der Waals surface area contributed by atoms with E-state index in [9.17, 15) is 0 Å². The van der Waals surface area contributed by atoms with Crippen LogP contribution < -0.4 is 9.75 Å². The Morgan fingerprint density at radius 3 is 2.11 bits per heavy atom. The smallest absolute Gasteiger partial charge is 0.120 e. The maximum Gasteiger partial charge on any atom is 0.120 e. The zero-order valence-corrected chi connectivity index (χ0v) is 22.1. The van der Waals surface area contributed by atoms with E-state index >= 15 is 0 Å². The van der Waals surface area contributed by atoms with Crippen LogP contribution in [0.2, 0.25) is 0 Å². The highest BCUT2D eigenvalue weighted by Crippen LogP contribution is 2.47. The highest BCUT2D eigenvalue weighted by atomic mass is 16.5. The molecule has 3 unspecified atom stereocenters. The second kappa shape index (κ2) is 10.5. The Balaban J connectivity index is 1.22. The lowest BCUT2D eigenvalue weighted by molar-refractivity contribution is 0.101. The van der Waals surface area contributed by atoms with Gasteiger partial charge in [-0.2, -0.15) is 5.10 Å². The Morgan fingerprint density at radius 2 is 1.42 bits per heavy atom. The van der Waals surface area contributed by atoms with Crippen LogP contribution in [0.3, 0.4) is 0 Å². The van der Waals surface area contributed by atoms with Crippen molar-refractivity contribution in [1.82, 2.24) is 0 Å². The van der Waals surface area contributed by atoms with E-state index in [0.717, 1.165) is 48.8 Å². The Bertz CT molecular complexity index is 1380. The molecule has 0 amide bonds. The first-order valence-electron chi connectivity index (χ1n) is 13.6. The third-order valence-corrected chi connectivity index (χ3v) is 7.75.